The number of nitrogens with one attached hydrogen (secondary N) is 1. The number of carbonyl (C=O) groups is 1. The molecular weight excluding hydrogens is 594 g/mol. The maximum absolute atomic E-state index is 12.7. The molecule has 0 spiro atoms. The van der Waals surface area contributed by atoms with Crippen LogP contribution in [-0.4, -0.2) is 111 Å². The molecule has 19 heteroatoms. The summed E-state index contributed by atoms with van der Waals surface area (Å²) in [6.07, 6.45) is -2.31. The molecule has 0 saturated carbocycles. The highest BCUT2D eigenvalue weighted by Gasteiger charge is 2.45. The van der Waals surface area contributed by atoms with Gasteiger partial charge in [-0.1, -0.05) is 0 Å². The van der Waals surface area contributed by atoms with Crippen LogP contribution in [0.25, 0.3) is 11.2 Å². The van der Waals surface area contributed by atoms with Gasteiger partial charge in [0, 0.05) is 31.1 Å². The van der Waals surface area contributed by atoms with E-state index in [0.717, 1.165) is 25.7 Å². The maximum atomic E-state index is 12.7. The van der Waals surface area contributed by atoms with E-state index >= 15 is 0 Å². The minimum Gasteiger partial charge on any atom is -0.446 e. The number of carbonyl (C=O) groups excluding carboxylic acids is 1. The molecule has 3 unspecified atom stereocenters. The molecule has 0 aromatic carbocycles. The lowest BCUT2D eigenvalue weighted by Crippen LogP contribution is -2.43. The molecule has 3 fully saturated rings. The van der Waals surface area contributed by atoms with E-state index in [-0.39, 0.29) is 34.8 Å². The topological polar surface area (TPSA) is 230 Å². The molecule has 2 aromatic heterocycles. The molecule has 222 valence electrons. The predicted molar refractivity (Wildman–Crippen MR) is 140 cm³/mol. The number of amides is 1. The molecular formula is C21H31ClN6O10P2. The van der Waals surface area contributed by atoms with Crippen LogP contribution in [0.15, 0.2) is 6.33 Å². The summed E-state index contributed by atoms with van der Waals surface area (Å²) < 4.78 is 35.9. The Kier molecular flexibility index (Phi) is 8.32. The van der Waals surface area contributed by atoms with E-state index in [2.05, 4.69) is 32.2 Å². The minimum atomic E-state index is -4.74. The van der Waals surface area contributed by atoms with Crippen LogP contribution in [0.5, 0.6) is 0 Å². The van der Waals surface area contributed by atoms with Gasteiger partial charge < -0.3 is 39.3 Å². The number of aliphatic hydroxyl groups is 2. The lowest BCUT2D eigenvalue weighted by molar-refractivity contribution is -0.0354. The quantitative estimate of drug-likeness (QED) is 0.178. The fraction of sp³-hybridized carbons (Fsp3) is 0.714. The number of hydrogen-bond acceptors (Lipinski definition) is 11. The molecule has 1 amide bonds. The van der Waals surface area contributed by atoms with Crippen LogP contribution >= 0.6 is 26.6 Å². The zero-order valence-electron chi connectivity index (χ0n) is 21.4. The molecule has 16 nitrogen and oxygen atoms in total. The van der Waals surface area contributed by atoms with Crippen LogP contribution in [-0.2, 0) is 18.6 Å². The zero-order valence-corrected chi connectivity index (χ0v) is 23.9. The number of aliphatic hydroxyl groups excluding tert-OH is 2. The minimum absolute atomic E-state index is 0.0297. The van der Waals surface area contributed by atoms with Gasteiger partial charge in [0.1, 0.15) is 24.2 Å². The number of nitrogens with zero attached hydrogens (tertiary/aromatic N) is 5. The first kappa shape index (κ1) is 29.8. The van der Waals surface area contributed by atoms with E-state index in [1.165, 1.54) is 10.9 Å². The lowest BCUT2D eigenvalue weighted by atomic mass is 10.0. The highest BCUT2D eigenvalue weighted by molar-refractivity contribution is 7.72. The first-order chi connectivity index (χ1) is 18.7. The Hall–Kier alpha value is -1.71. The number of aromatic nitrogens is 4. The van der Waals surface area contributed by atoms with Gasteiger partial charge in [-0.3, -0.25) is 19.0 Å². The molecule has 5 rings (SSSR count). The van der Waals surface area contributed by atoms with Gasteiger partial charge in [-0.05, 0) is 37.9 Å². The second-order valence-electron chi connectivity index (χ2n) is 10.6. The van der Waals surface area contributed by atoms with Crippen molar-refractivity contribution in [3.05, 3.63) is 11.6 Å². The highest BCUT2D eigenvalue weighted by atomic mass is 35.5. The van der Waals surface area contributed by atoms with Gasteiger partial charge in [-0.15, -0.1) is 0 Å². The molecule has 8 atom stereocenters. The second kappa shape index (κ2) is 11.2. The molecule has 3 aliphatic rings. The normalized spacial score (nSPS) is 32.3. The average Bonchev–Trinajstić information content (AvgIpc) is 3.42. The third-order valence-corrected chi connectivity index (χ3v) is 12.1. The monoisotopic (exact) mass is 624 g/mol. The number of anilines is 1. The van der Waals surface area contributed by atoms with Crippen LogP contribution < -0.4 is 5.32 Å². The number of halogens is 1. The van der Waals surface area contributed by atoms with Crippen molar-refractivity contribution in [1.82, 2.24) is 24.4 Å². The molecule has 0 aliphatic carbocycles. The number of imidazole rings is 1. The summed E-state index contributed by atoms with van der Waals surface area (Å²) in [4.78, 5) is 55.3. The Bertz CT molecular complexity index is 1360. The standard InChI is InChI=1S/C21H31ClN6O10P2/c1-27-10-2-3-11(27)7-12(6-10)37-21(31)25-17-14-18(26-20(22)24-17)28(8-23-14)19-16(30)15(29)13(38-19)4-5-39(32,33)9-40(34,35)36/h8,10-13,15-16,19,29-30H,2-7,9H2,1H3,(H,32,33)(H2,34,35,36)(H,24,25,26,31)/t10-,11+,12?,13-,15?,16+,19-/m1/s1. The van der Waals surface area contributed by atoms with Gasteiger partial charge in [0.2, 0.25) is 12.7 Å². The number of rotatable bonds is 8. The van der Waals surface area contributed by atoms with Crippen molar-refractivity contribution in [2.45, 2.75) is 74.8 Å². The summed E-state index contributed by atoms with van der Waals surface area (Å²) in [5, 5.41) is 23.5. The third-order valence-electron chi connectivity index (χ3n) is 7.72. The molecule has 6 N–H and O–H groups in total. The Morgan fingerprint density at radius 3 is 2.50 bits per heavy atom. The van der Waals surface area contributed by atoms with Crippen LogP contribution in [0, 0.1) is 0 Å². The fourth-order valence-electron chi connectivity index (χ4n) is 5.78. The second-order valence-corrected chi connectivity index (χ2v) is 15.5. The molecule has 0 radical (unpaired) electrons. The maximum Gasteiger partial charge on any atom is 0.413 e. The van der Waals surface area contributed by atoms with E-state index in [0.29, 0.717) is 12.1 Å². The van der Waals surface area contributed by atoms with Crippen molar-refractivity contribution in [1.29, 1.82) is 0 Å². The first-order valence-corrected chi connectivity index (χ1v) is 16.9. The van der Waals surface area contributed by atoms with Gasteiger partial charge in [-0.25, -0.2) is 9.78 Å². The summed E-state index contributed by atoms with van der Waals surface area (Å²) in [6, 6.07) is 0.750. The number of ether oxygens (including phenoxy) is 2. The Morgan fingerprint density at radius 2 is 1.85 bits per heavy atom. The number of fused-ring (bicyclic) bond motifs is 3. The largest absolute Gasteiger partial charge is 0.446 e. The van der Waals surface area contributed by atoms with Crippen LogP contribution in [0.4, 0.5) is 10.6 Å². The fourth-order valence-corrected chi connectivity index (χ4v) is 9.47. The third kappa shape index (κ3) is 6.36. The van der Waals surface area contributed by atoms with Gasteiger partial charge in [0.05, 0.1) is 12.4 Å². The highest BCUT2D eigenvalue weighted by Crippen LogP contribution is 2.55. The Balaban J connectivity index is 1.28. The van der Waals surface area contributed by atoms with Crippen molar-refractivity contribution in [2.24, 2.45) is 0 Å². The van der Waals surface area contributed by atoms with E-state index in [4.69, 9.17) is 30.9 Å². The first-order valence-electron chi connectivity index (χ1n) is 12.7. The van der Waals surface area contributed by atoms with Crippen LogP contribution in [0.3, 0.4) is 0 Å². The molecule has 2 bridgehead atoms. The molecule has 40 heavy (non-hydrogen) atoms. The Morgan fingerprint density at radius 1 is 1.18 bits per heavy atom. The summed E-state index contributed by atoms with van der Waals surface area (Å²) in [5.41, 5.74) is 0.180. The summed E-state index contributed by atoms with van der Waals surface area (Å²) in [7, 11) is -6.88. The van der Waals surface area contributed by atoms with Crippen molar-refractivity contribution >= 4 is 49.6 Å². The average molecular weight is 625 g/mol. The van der Waals surface area contributed by atoms with Gasteiger partial charge in [-0.2, -0.15) is 9.97 Å². The van der Waals surface area contributed by atoms with Crippen molar-refractivity contribution < 1.29 is 48.3 Å². The van der Waals surface area contributed by atoms with Crippen molar-refractivity contribution in [2.75, 3.05) is 24.4 Å². The summed E-state index contributed by atoms with van der Waals surface area (Å²) in [5.74, 6) is -1.23. The molecule has 3 saturated heterocycles. The van der Waals surface area contributed by atoms with Gasteiger partial charge >= 0.3 is 13.7 Å². The molecule has 2 aromatic rings. The lowest BCUT2D eigenvalue weighted by Gasteiger charge is -2.35. The molecule has 5 heterocycles. The summed E-state index contributed by atoms with van der Waals surface area (Å²) >= 11 is 6.11. The SMILES string of the molecule is CN1[C@@H]2CC[C@H]1CC(OC(=O)Nc1nc(Cl)nc3c1ncn3[C@@H]1O[C@H](CCP(=O)(O)CP(=O)(O)O)C(O)[C@@H]1O)C2. The predicted octanol–water partition coefficient (Wildman–Crippen LogP) is 1.07. The van der Waals surface area contributed by atoms with E-state index < -0.39 is 57.7 Å². The molecule has 3 aliphatic heterocycles. The number of piperidine rings is 1. The van der Waals surface area contributed by atoms with E-state index in [1.54, 1.807) is 0 Å². The van der Waals surface area contributed by atoms with E-state index in [1.807, 2.05) is 0 Å². The Labute approximate surface area is 233 Å². The van der Waals surface area contributed by atoms with Crippen LogP contribution in [0.2, 0.25) is 5.28 Å². The number of hydrogen-bond donors (Lipinski definition) is 6. The smallest absolute Gasteiger partial charge is 0.413 e. The van der Waals surface area contributed by atoms with E-state index in [9.17, 15) is 29.0 Å². The zero-order chi connectivity index (χ0) is 29.0. The van der Waals surface area contributed by atoms with Gasteiger partial charge in [0.15, 0.2) is 23.2 Å². The van der Waals surface area contributed by atoms with Crippen molar-refractivity contribution in [3.8, 4) is 0 Å². The van der Waals surface area contributed by atoms with Crippen molar-refractivity contribution in [3.63, 3.8) is 0 Å². The van der Waals surface area contributed by atoms with Crippen LogP contribution in [0.1, 0.15) is 38.3 Å². The van der Waals surface area contributed by atoms with Gasteiger partial charge in [0.25, 0.3) is 0 Å². The summed E-state index contributed by atoms with van der Waals surface area (Å²) in [6.45, 7) is 0.